The molecule has 0 amide bonds. The minimum Gasteiger partial charge on any atom is -0.388 e. The van der Waals surface area contributed by atoms with Crippen molar-refractivity contribution in [3.8, 4) is 0 Å². The fourth-order valence-electron chi connectivity index (χ4n) is 1.22. The molecule has 2 atom stereocenters. The minimum atomic E-state index is -4.50. The van der Waals surface area contributed by atoms with Crippen LogP contribution in [0.1, 0.15) is 18.1 Å². The summed E-state index contributed by atoms with van der Waals surface area (Å²) in [6.07, 6.45) is -6.35. The zero-order valence-corrected chi connectivity index (χ0v) is 8.96. The zero-order valence-electron chi connectivity index (χ0n) is 8.21. The van der Waals surface area contributed by atoms with Gasteiger partial charge in [-0.3, -0.25) is 0 Å². The average molecular weight is 254 g/mol. The van der Waals surface area contributed by atoms with E-state index in [1.807, 2.05) is 0 Å². The molecule has 1 aromatic rings. The molecule has 0 saturated heterocycles. The first-order chi connectivity index (χ1) is 7.30. The molecule has 0 saturated carbocycles. The van der Waals surface area contributed by atoms with E-state index in [9.17, 15) is 18.3 Å². The van der Waals surface area contributed by atoms with E-state index in [0.717, 1.165) is 0 Å². The van der Waals surface area contributed by atoms with Gasteiger partial charge in [-0.2, -0.15) is 13.2 Å². The normalized spacial score (nSPS) is 15.9. The molecule has 3 N–H and O–H groups in total. The Bertz CT molecular complexity index is 356. The molecule has 1 rings (SSSR count). The number of benzene rings is 1. The third kappa shape index (κ3) is 3.66. The van der Waals surface area contributed by atoms with Crippen molar-refractivity contribution in [3.63, 3.8) is 0 Å². The summed E-state index contributed by atoms with van der Waals surface area (Å²) in [4.78, 5) is 0. The molecule has 0 aliphatic heterocycles. The number of halogens is 4. The van der Waals surface area contributed by atoms with Crippen LogP contribution >= 0.6 is 11.6 Å². The fraction of sp³-hybridized carbons (Fsp3) is 0.400. The van der Waals surface area contributed by atoms with E-state index < -0.39 is 24.7 Å². The maximum Gasteiger partial charge on any atom is 0.403 e. The Balaban J connectivity index is 2.69. The highest BCUT2D eigenvalue weighted by atomic mass is 35.5. The number of hydrogen-bond donors (Lipinski definition) is 2. The van der Waals surface area contributed by atoms with Crippen LogP contribution < -0.4 is 5.73 Å². The van der Waals surface area contributed by atoms with Gasteiger partial charge in [-0.25, -0.2) is 0 Å². The Kier molecular flexibility index (Phi) is 4.18. The molecule has 0 spiro atoms. The van der Waals surface area contributed by atoms with Crippen LogP contribution in [0.15, 0.2) is 24.3 Å². The van der Waals surface area contributed by atoms with Crippen molar-refractivity contribution < 1.29 is 18.3 Å². The highest BCUT2D eigenvalue weighted by molar-refractivity contribution is 6.30. The van der Waals surface area contributed by atoms with Gasteiger partial charge >= 0.3 is 6.18 Å². The lowest BCUT2D eigenvalue weighted by molar-refractivity contribution is -0.153. The molecular formula is C10H11ClF3NO. The Morgan fingerprint density at radius 1 is 1.38 bits per heavy atom. The van der Waals surface area contributed by atoms with Crippen molar-refractivity contribution >= 4 is 11.6 Å². The van der Waals surface area contributed by atoms with E-state index in [-0.39, 0.29) is 0 Å². The van der Waals surface area contributed by atoms with Gasteiger partial charge in [0.1, 0.15) is 6.04 Å². The quantitative estimate of drug-likeness (QED) is 0.870. The molecule has 0 aliphatic rings. The molecule has 0 radical (unpaired) electrons. The van der Waals surface area contributed by atoms with Crippen LogP contribution in [-0.4, -0.2) is 17.3 Å². The van der Waals surface area contributed by atoms with Gasteiger partial charge in [0.05, 0.1) is 6.10 Å². The molecule has 0 aromatic heterocycles. The standard InChI is InChI=1S/C10H11ClF3NO/c11-7-3-1-2-6(4-7)8(16)5-9(15)10(12,13)14/h1-4,8-9,16H,5,15H2/t8-,9+/m0/s1. The van der Waals surface area contributed by atoms with Gasteiger partial charge in [-0.15, -0.1) is 0 Å². The van der Waals surface area contributed by atoms with Gasteiger partial charge in [0.2, 0.25) is 0 Å². The van der Waals surface area contributed by atoms with Crippen LogP contribution in [0.4, 0.5) is 13.2 Å². The third-order valence-corrected chi connectivity index (χ3v) is 2.37. The van der Waals surface area contributed by atoms with Crippen molar-refractivity contribution in [2.45, 2.75) is 24.7 Å². The van der Waals surface area contributed by atoms with Crippen molar-refractivity contribution in [2.75, 3.05) is 0 Å². The molecule has 1 aromatic carbocycles. The van der Waals surface area contributed by atoms with Gasteiger partial charge in [-0.05, 0) is 17.7 Å². The third-order valence-electron chi connectivity index (χ3n) is 2.13. The number of hydrogen-bond acceptors (Lipinski definition) is 2. The molecule has 6 heteroatoms. The lowest BCUT2D eigenvalue weighted by Gasteiger charge is -2.19. The predicted octanol–water partition coefficient (Wildman–Crippen LogP) is 2.65. The van der Waals surface area contributed by atoms with E-state index in [2.05, 4.69) is 0 Å². The lowest BCUT2D eigenvalue weighted by atomic mass is 10.0. The highest BCUT2D eigenvalue weighted by Crippen LogP contribution is 2.27. The molecular weight excluding hydrogens is 243 g/mol. The number of alkyl halides is 3. The van der Waals surface area contributed by atoms with Gasteiger partial charge in [0.15, 0.2) is 0 Å². The van der Waals surface area contributed by atoms with Crippen molar-refractivity contribution in [1.82, 2.24) is 0 Å². The van der Waals surface area contributed by atoms with Crippen LogP contribution in [0, 0.1) is 0 Å². The molecule has 0 fully saturated rings. The van der Waals surface area contributed by atoms with Crippen molar-refractivity contribution in [3.05, 3.63) is 34.9 Å². The van der Waals surface area contributed by atoms with E-state index in [4.69, 9.17) is 17.3 Å². The summed E-state index contributed by atoms with van der Waals surface area (Å²) in [7, 11) is 0. The monoisotopic (exact) mass is 253 g/mol. The number of aliphatic hydroxyl groups is 1. The summed E-state index contributed by atoms with van der Waals surface area (Å²) >= 11 is 5.65. The second-order valence-electron chi connectivity index (χ2n) is 3.45. The SMILES string of the molecule is N[C@H](C[C@H](O)c1cccc(Cl)c1)C(F)(F)F. The molecule has 0 aliphatic carbocycles. The molecule has 0 unspecified atom stereocenters. The Labute approximate surface area is 95.8 Å². The van der Waals surface area contributed by atoms with Crippen molar-refractivity contribution in [1.29, 1.82) is 0 Å². The summed E-state index contributed by atoms with van der Waals surface area (Å²) in [6, 6.07) is 4.00. The summed E-state index contributed by atoms with van der Waals surface area (Å²) in [5, 5.41) is 9.90. The summed E-state index contributed by atoms with van der Waals surface area (Å²) in [5.74, 6) is 0. The topological polar surface area (TPSA) is 46.2 Å². The number of nitrogens with two attached hydrogens (primary N) is 1. The molecule has 90 valence electrons. The molecule has 2 nitrogen and oxygen atoms in total. The Hall–Kier alpha value is -0.780. The molecule has 16 heavy (non-hydrogen) atoms. The van der Waals surface area contributed by atoms with E-state index in [1.165, 1.54) is 12.1 Å². The minimum absolute atomic E-state index is 0.326. The molecule has 0 heterocycles. The smallest absolute Gasteiger partial charge is 0.388 e. The van der Waals surface area contributed by atoms with Crippen LogP contribution in [0.25, 0.3) is 0 Å². The average Bonchev–Trinajstić information content (AvgIpc) is 2.16. The maximum atomic E-state index is 12.1. The maximum absolute atomic E-state index is 12.1. The Morgan fingerprint density at radius 3 is 2.50 bits per heavy atom. The highest BCUT2D eigenvalue weighted by Gasteiger charge is 2.37. The lowest BCUT2D eigenvalue weighted by Crippen LogP contribution is -2.38. The first kappa shape index (κ1) is 13.3. The first-order valence-corrected chi connectivity index (χ1v) is 4.94. The second kappa shape index (κ2) is 5.03. The predicted molar refractivity (Wildman–Crippen MR) is 55.1 cm³/mol. The van der Waals surface area contributed by atoms with Gasteiger partial charge in [0, 0.05) is 11.4 Å². The molecule has 0 bridgehead atoms. The van der Waals surface area contributed by atoms with Crippen LogP contribution in [-0.2, 0) is 0 Å². The Morgan fingerprint density at radius 2 is 2.00 bits per heavy atom. The summed E-state index contributed by atoms with van der Waals surface area (Å²) in [5.41, 5.74) is 5.24. The van der Waals surface area contributed by atoms with Gasteiger partial charge in [-0.1, -0.05) is 23.7 Å². The number of aliphatic hydroxyl groups excluding tert-OH is 1. The van der Waals surface area contributed by atoms with Gasteiger partial charge < -0.3 is 10.8 Å². The van der Waals surface area contributed by atoms with Crippen LogP contribution in [0.2, 0.25) is 5.02 Å². The second-order valence-corrected chi connectivity index (χ2v) is 3.89. The van der Waals surface area contributed by atoms with Crippen LogP contribution in [0.3, 0.4) is 0 Å². The zero-order chi connectivity index (χ0) is 12.3. The summed E-state index contributed by atoms with van der Waals surface area (Å²) in [6.45, 7) is 0. The summed E-state index contributed by atoms with van der Waals surface area (Å²) < 4.78 is 36.4. The largest absolute Gasteiger partial charge is 0.403 e. The van der Waals surface area contributed by atoms with E-state index in [1.54, 1.807) is 12.1 Å². The van der Waals surface area contributed by atoms with Gasteiger partial charge in [0.25, 0.3) is 0 Å². The first-order valence-electron chi connectivity index (χ1n) is 4.56. The van der Waals surface area contributed by atoms with Crippen LogP contribution in [0.5, 0.6) is 0 Å². The van der Waals surface area contributed by atoms with E-state index in [0.29, 0.717) is 10.6 Å². The number of rotatable bonds is 3. The van der Waals surface area contributed by atoms with Crippen molar-refractivity contribution in [2.24, 2.45) is 5.73 Å². The van der Waals surface area contributed by atoms with E-state index >= 15 is 0 Å². The fourth-order valence-corrected chi connectivity index (χ4v) is 1.42.